The van der Waals surface area contributed by atoms with Crippen molar-refractivity contribution in [3.63, 3.8) is 0 Å². The van der Waals surface area contributed by atoms with Gasteiger partial charge in [0.05, 0.1) is 12.5 Å². The second kappa shape index (κ2) is 5.94. The van der Waals surface area contributed by atoms with E-state index in [4.69, 9.17) is 11.0 Å². The smallest absolute Gasteiger partial charge is 0.0670 e. The Bertz CT molecular complexity index is 478. The van der Waals surface area contributed by atoms with Gasteiger partial charge < -0.3 is 15.5 Å². The van der Waals surface area contributed by atoms with Gasteiger partial charge in [-0.1, -0.05) is 0 Å². The fraction of sp³-hybridized carbons (Fsp3) is 0.533. The minimum absolute atomic E-state index is 0.377. The molecule has 0 bridgehead atoms. The molecule has 1 aromatic rings. The molecule has 4 heteroatoms. The topological polar surface area (TPSA) is 56.3 Å². The number of benzene rings is 1. The molecular formula is C15H22N4. The van der Waals surface area contributed by atoms with E-state index in [2.05, 4.69) is 42.0 Å². The molecule has 1 aliphatic heterocycles. The zero-order valence-corrected chi connectivity index (χ0v) is 11.8. The van der Waals surface area contributed by atoms with Gasteiger partial charge in [0.1, 0.15) is 0 Å². The quantitative estimate of drug-likeness (QED) is 0.823. The van der Waals surface area contributed by atoms with Crippen molar-refractivity contribution >= 4 is 11.4 Å². The van der Waals surface area contributed by atoms with Gasteiger partial charge in [-0.15, -0.1) is 0 Å². The summed E-state index contributed by atoms with van der Waals surface area (Å²) in [5.74, 6) is 0. The number of hydrogen-bond acceptors (Lipinski definition) is 4. The highest BCUT2D eigenvalue weighted by Crippen LogP contribution is 2.25. The highest BCUT2D eigenvalue weighted by molar-refractivity contribution is 5.59. The summed E-state index contributed by atoms with van der Waals surface area (Å²) in [4.78, 5) is 4.79. The molecule has 2 rings (SSSR count). The number of nitriles is 1. The van der Waals surface area contributed by atoms with Gasteiger partial charge in [-0.2, -0.15) is 5.26 Å². The first kappa shape index (κ1) is 13.7. The standard InChI is InChI=1S/C15H22N4/c1-12-11-18(2)8-3-9-19(12)14-4-5-15(17)13(10-14)6-7-16/h4-5,10,12H,3,6,8-9,11,17H2,1-2H3. The first-order valence-electron chi connectivity index (χ1n) is 6.82. The average molecular weight is 258 g/mol. The lowest BCUT2D eigenvalue weighted by Gasteiger charge is -2.30. The number of rotatable bonds is 2. The van der Waals surface area contributed by atoms with Crippen LogP contribution >= 0.6 is 0 Å². The monoisotopic (exact) mass is 258 g/mol. The fourth-order valence-electron chi connectivity index (χ4n) is 2.76. The first-order valence-corrected chi connectivity index (χ1v) is 6.82. The van der Waals surface area contributed by atoms with Crippen molar-refractivity contribution in [3.8, 4) is 6.07 Å². The molecular weight excluding hydrogens is 236 g/mol. The molecule has 0 aromatic heterocycles. The third-order valence-corrected chi connectivity index (χ3v) is 3.77. The molecule has 102 valence electrons. The Labute approximate surface area is 115 Å². The van der Waals surface area contributed by atoms with E-state index in [0.717, 1.165) is 25.2 Å². The summed E-state index contributed by atoms with van der Waals surface area (Å²) in [5, 5.41) is 8.85. The van der Waals surface area contributed by atoms with Crippen molar-refractivity contribution < 1.29 is 0 Å². The normalized spacial score (nSPS) is 20.9. The maximum absolute atomic E-state index is 8.85. The number of hydrogen-bond donors (Lipinski definition) is 1. The summed E-state index contributed by atoms with van der Waals surface area (Å²) in [7, 11) is 2.17. The van der Waals surface area contributed by atoms with Gasteiger partial charge in [0.2, 0.25) is 0 Å². The molecule has 0 aliphatic carbocycles. The van der Waals surface area contributed by atoms with Gasteiger partial charge in [-0.3, -0.25) is 0 Å². The maximum Gasteiger partial charge on any atom is 0.0670 e. The highest BCUT2D eigenvalue weighted by Gasteiger charge is 2.20. The molecule has 0 radical (unpaired) electrons. The minimum atomic E-state index is 0.377. The van der Waals surface area contributed by atoms with Crippen LogP contribution in [-0.4, -0.2) is 37.6 Å². The van der Waals surface area contributed by atoms with Crippen LogP contribution in [0.3, 0.4) is 0 Å². The SMILES string of the molecule is CC1CN(C)CCCN1c1ccc(N)c(CC#N)c1. The zero-order valence-electron chi connectivity index (χ0n) is 11.8. The average Bonchev–Trinajstić information content (AvgIpc) is 2.53. The number of likely N-dealkylation sites (N-methyl/N-ethyl adjacent to an activating group) is 1. The van der Waals surface area contributed by atoms with Crippen LogP contribution in [0.1, 0.15) is 18.9 Å². The summed E-state index contributed by atoms with van der Waals surface area (Å²) < 4.78 is 0. The Kier molecular flexibility index (Phi) is 4.28. The van der Waals surface area contributed by atoms with Crippen molar-refractivity contribution in [2.45, 2.75) is 25.8 Å². The number of nitrogens with two attached hydrogens (primary N) is 1. The lowest BCUT2D eigenvalue weighted by Crippen LogP contribution is -2.38. The van der Waals surface area contributed by atoms with Gasteiger partial charge >= 0.3 is 0 Å². The Morgan fingerprint density at radius 3 is 2.95 bits per heavy atom. The predicted molar refractivity (Wildman–Crippen MR) is 79.1 cm³/mol. The molecule has 4 nitrogen and oxygen atoms in total. The third-order valence-electron chi connectivity index (χ3n) is 3.77. The maximum atomic E-state index is 8.85. The van der Waals surface area contributed by atoms with Crippen LogP contribution in [0.4, 0.5) is 11.4 Å². The zero-order chi connectivity index (χ0) is 13.8. The Hall–Kier alpha value is -1.73. The Morgan fingerprint density at radius 2 is 2.21 bits per heavy atom. The van der Waals surface area contributed by atoms with Crippen LogP contribution in [0.15, 0.2) is 18.2 Å². The molecule has 2 N–H and O–H groups in total. The first-order chi connectivity index (χ1) is 9.11. The number of nitrogen functional groups attached to an aromatic ring is 1. The largest absolute Gasteiger partial charge is 0.398 e. The summed E-state index contributed by atoms with van der Waals surface area (Å²) in [5.41, 5.74) is 8.75. The number of nitrogens with zero attached hydrogens (tertiary/aromatic N) is 3. The van der Waals surface area contributed by atoms with E-state index in [1.54, 1.807) is 0 Å². The second-order valence-electron chi connectivity index (χ2n) is 5.38. The second-order valence-corrected chi connectivity index (χ2v) is 5.38. The van der Waals surface area contributed by atoms with Crippen molar-refractivity contribution in [2.75, 3.05) is 37.3 Å². The molecule has 1 aliphatic rings. The van der Waals surface area contributed by atoms with E-state index in [0.29, 0.717) is 18.2 Å². The minimum Gasteiger partial charge on any atom is -0.398 e. The summed E-state index contributed by atoms with van der Waals surface area (Å²) in [6.07, 6.45) is 1.54. The summed E-state index contributed by atoms with van der Waals surface area (Å²) in [6, 6.07) is 8.71. The van der Waals surface area contributed by atoms with E-state index >= 15 is 0 Å². The molecule has 1 saturated heterocycles. The Balaban J connectivity index is 2.25. The molecule has 1 aromatic carbocycles. The van der Waals surface area contributed by atoms with E-state index in [1.165, 1.54) is 12.1 Å². The van der Waals surface area contributed by atoms with E-state index in [1.807, 2.05) is 6.07 Å². The molecule has 0 spiro atoms. The van der Waals surface area contributed by atoms with Gasteiger partial charge in [-0.05, 0) is 50.7 Å². The van der Waals surface area contributed by atoms with Crippen LogP contribution in [0.25, 0.3) is 0 Å². The molecule has 1 atom stereocenters. The van der Waals surface area contributed by atoms with Gasteiger partial charge in [0.15, 0.2) is 0 Å². The summed E-state index contributed by atoms with van der Waals surface area (Å²) >= 11 is 0. The van der Waals surface area contributed by atoms with Gasteiger partial charge in [0, 0.05) is 30.5 Å². The molecule has 19 heavy (non-hydrogen) atoms. The van der Waals surface area contributed by atoms with Crippen molar-refractivity contribution in [2.24, 2.45) is 0 Å². The van der Waals surface area contributed by atoms with E-state index in [9.17, 15) is 0 Å². The molecule has 0 saturated carbocycles. The number of anilines is 2. The molecule has 1 heterocycles. The van der Waals surface area contributed by atoms with Crippen LogP contribution in [0.2, 0.25) is 0 Å². The van der Waals surface area contributed by atoms with Crippen LogP contribution in [0, 0.1) is 11.3 Å². The van der Waals surface area contributed by atoms with Crippen molar-refractivity contribution in [3.05, 3.63) is 23.8 Å². The fourth-order valence-corrected chi connectivity index (χ4v) is 2.76. The van der Waals surface area contributed by atoms with E-state index in [-0.39, 0.29) is 0 Å². The third kappa shape index (κ3) is 3.18. The molecule has 1 fully saturated rings. The summed E-state index contributed by atoms with van der Waals surface area (Å²) in [6.45, 7) is 5.52. The predicted octanol–water partition coefficient (Wildman–Crippen LogP) is 1.87. The Morgan fingerprint density at radius 1 is 1.42 bits per heavy atom. The highest BCUT2D eigenvalue weighted by atomic mass is 15.2. The van der Waals surface area contributed by atoms with Crippen molar-refractivity contribution in [1.29, 1.82) is 5.26 Å². The van der Waals surface area contributed by atoms with Crippen LogP contribution in [0.5, 0.6) is 0 Å². The lowest BCUT2D eigenvalue weighted by atomic mass is 10.1. The lowest BCUT2D eigenvalue weighted by molar-refractivity contribution is 0.337. The van der Waals surface area contributed by atoms with Gasteiger partial charge in [0.25, 0.3) is 0 Å². The molecule has 0 amide bonds. The molecule has 1 unspecified atom stereocenters. The van der Waals surface area contributed by atoms with Crippen molar-refractivity contribution in [1.82, 2.24) is 4.90 Å². The van der Waals surface area contributed by atoms with Crippen LogP contribution < -0.4 is 10.6 Å². The van der Waals surface area contributed by atoms with Gasteiger partial charge in [-0.25, -0.2) is 0 Å². The van der Waals surface area contributed by atoms with Crippen LogP contribution in [-0.2, 0) is 6.42 Å². The van der Waals surface area contributed by atoms with E-state index < -0.39 is 0 Å².